The number of nitrogens with one attached hydrogen (secondary N) is 2. The first-order valence-corrected chi connectivity index (χ1v) is 10.1. The van der Waals surface area contributed by atoms with Crippen molar-refractivity contribution < 1.29 is 9.53 Å². The van der Waals surface area contributed by atoms with Gasteiger partial charge in [-0.2, -0.15) is 0 Å². The number of aromatic nitrogens is 2. The fourth-order valence-corrected chi connectivity index (χ4v) is 4.02. The predicted molar refractivity (Wildman–Crippen MR) is 110 cm³/mol. The maximum Gasteiger partial charge on any atom is 0.337 e. The van der Waals surface area contributed by atoms with Gasteiger partial charge in [-0.15, -0.1) is 0 Å². The Hall–Kier alpha value is -3.09. The second kappa shape index (κ2) is 7.39. The number of anilines is 1. The molecule has 4 rings (SSSR count). The molecule has 2 aromatic rings. The van der Waals surface area contributed by atoms with Crippen LogP contribution in [-0.4, -0.2) is 22.1 Å². The molecule has 1 aromatic heterocycles. The number of hydrogen-bond acceptors (Lipinski definition) is 5. The number of fused-ring (bicyclic) bond motifs is 1. The SMILES string of the molecule is CCCCn1c2c(c(=O)[nH]c1=O)[C@@H](c1ccc(C(C)C)cc1)C1=C(COC1=O)N2. The topological polar surface area (TPSA) is 93.2 Å². The number of rotatable bonds is 5. The molecule has 0 unspecified atom stereocenters. The van der Waals surface area contributed by atoms with Crippen LogP contribution in [0.4, 0.5) is 5.82 Å². The number of unbranched alkanes of at least 4 members (excludes halogenated alkanes) is 1. The van der Waals surface area contributed by atoms with E-state index in [1.54, 1.807) is 4.57 Å². The van der Waals surface area contributed by atoms with Gasteiger partial charge in [0.1, 0.15) is 12.4 Å². The van der Waals surface area contributed by atoms with Crippen LogP contribution in [0.3, 0.4) is 0 Å². The maximum atomic E-state index is 12.9. The Morgan fingerprint density at radius 1 is 1.17 bits per heavy atom. The molecular formula is C22H25N3O4. The highest BCUT2D eigenvalue weighted by Gasteiger charge is 2.41. The van der Waals surface area contributed by atoms with Crippen molar-refractivity contribution in [3.05, 3.63) is 73.1 Å². The Bertz CT molecular complexity index is 1110. The lowest BCUT2D eigenvalue weighted by molar-refractivity contribution is -0.136. The molecule has 1 aromatic carbocycles. The van der Waals surface area contributed by atoms with Gasteiger partial charge in [-0.25, -0.2) is 9.59 Å². The maximum absolute atomic E-state index is 12.9. The van der Waals surface area contributed by atoms with Crippen molar-refractivity contribution in [2.24, 2.45) is 0 Å². The molecule has 3 heterocycles. The number of carbonyl (C=O) groups is 1. The second-order valence-electron chi connectivity index (χ2n) is 7.87. The summed E-state index contributed by atoms with van der Waals surface area (Å²) >= 11 is 0. The standard InChI is InChI=1S/C22H25N3O4/c1-4-5-10-25-19-18(20(26)24-22(25)28)16(17-15(23-19)11-29-21(17)27)14-8-6-13(7-9-14)12(2)3/h6-9,12,16,23H,4-5,10-11H2,1-3H3,(H,24,26,28)/t16-/m0/s1. The number of benzene rings is 1. The number of H-pyrrole nitrogens is 1. The van der Waals surface area contributed by atoms with Crippen LogP contribution in [0.1, 0.15) is 62.1 Å². The Kier molecular flexibility index (Phi) is 4.90. The van der Waals surface area contributed by atoms with E-state index >= 15 is 0 Å². The van der Waals surface area contributed by atoms with Crippen LogP contribution in [0.5, 0.6) is 0 Å². The van der Waals surface area contributed by atoms with Crippen LogP contribution in [-0.2, 0) is 16.1 Å². The Balaban J connectivity index is 1.94. The first-order valence-electron chi connectivity index (χ1n) is 10.1. The van der Waals surface area contributed by atoms with Gasteiger partial charge in [-0.3, -0.25) is 14.3 Å². The summed E-state index contributed by atoms with van der Waals surface area (Å²) in [4.78, 5) is 40.3. The van der Waals surface area contributed by atoms with Gasteiger partial charge in [0.2, 0.25) is 0 Å². The number of ether oxygens (including phenoxy) is 1. The van der Waals surface area contributed by atoms with Crippen molar-refractivity contribution in [2.75, 3.05) is 11.9 Å². The minimum Gasteiger partial charge on any atom is -0.456 e. The number of hydrogen-bond donors (Lipinski definition) is 2. The number of nitrogens with zero attached hydrogens (tertiary/aromatic N) is 1. The lowest BCUT2D eigenvalue weighted by Gasteiger charge is -2.28. The lowest BCUT2D eigenvalue weighted by Crippen LogP contribution is -2.38. The average Bonchev–Trinajstić information content (AvgIpc) is 3.07. The van der Waals surface area contributed by atoms with E-state index in [4.69, 9.17) is 4.74 Å². The summed E-state index contributed by atoms with van der Waals surface area (Å²) in [5.41, 5.74) is 2.53. The van der Waals surface area contributed by atoms with E-state index in [0.29, 0.717) is 35.1 Å². The van der Waals surface area contributed by atoms with Crippen LogP contribution < -0.4 is 16.6 Å². The number of esters is 1. The van der Waals surface area contributed by atoms with Crippen LogP contribution in [0.25, 0.3) is 0 Å². The third kappa shape index (κ3) is 3.20. The molecule has 1 atom stereocenters. The summed E-state index contributed by atoms with van der Waals surface area (Å²) < 4.78 is 6.82. The first kappa shape index (κ1) is 19.2. The molecule has 152 valence electrons. The number of cyclic esters (lactones) is 1. The van der Waals surface area contributed by atoms with Crippen LogP contribution in [0.15, 0.2) is 45.1 Å². The molecule has 0 spiro atoms. The van der Waals surface area contributed by atoms with E-state index < -0.39 is 23.1 Å². The predicted octanol–water partition coefficient (Wildman–Crippen LogP) is 2.83. The monoisotopic (exact) mass is 395 g/mol. The molecule has 2 aliphatic rings. The Morgan fingerprint density at radius 3 is 2.55 bits per heavy atom. The molecule has 29 heavy (non-hydrogen) atoms. The number of aromatic amines is 1. The molecule has 7 heteroatoms. The third-order valence-corrected chi connectivity index (χ3v) is 5.65. The molecule has 0 aliphatic carbocycles. The van der Waals surface area contributed by atoms with Gasteiger partial charge in [0.15, 0.2) is 0 Å². The van der Waals surface area contributed by atoms with Gasteiger partial charge in [0.05, 0.1) is 22.8 Å². The Morgan fingerprint density at radius 2 is 1.90 bits per heavy atom. The first-order chi connectivity index (χ1) is 13.9. The minimum atomic E-state index is -0.574. The fraction of sp³-hybridized carbons (Fsp3) is 0.409. The molecule has 7 nitrogen and oxygen atoms in total. The summed E-state index contributed by atoms with van der Waals surface area (Å²) in [5, 5.41) is 3.15. The molecular weight excluding hydrogens is 370 g/mol. The summed E-state index contributed by atoms with van der Waals surface area (Å²) in [6.45, 7) is 6.86. The molecule has 0 radical (unpaired) electrons. The smallest absolute Gasteiger partial charge is 0.337 e. The zero-order valence-electron chi connectivity index (χ0n) is 16.9. The van der Waals surface area contributed by atoms with E-state index in [-0.39, 0.29) is 6.61 Å². The molecule has 2 N–H and O–H groups in total. The molecule has 0 fully saturated rings. The highest BCUT2D eigenvalue weighted by Crippen LogP contribution is 2.42. The number of carbonyl (C=O) groups excluding carboxylic acids is 1. The quantitative estimate of drug-likeness (QED) is 0.760. The van der Waals surface area contributed by atoms with E-state index in [0.717, 1.165) is 18.4 Å². The fourth-order valence-electron chi connectivity index (χ4n) is 4.02. The van der Waals surface area contributed by atoms with Crippen molar-refractivity contribution >= 4 is 11.8 Å². The van der Waals surface area contributed by atoms with E-state index in [9.17, 15) is 14.4 Å². The normalized spacial score (nSPS) is 17.8. The third-order valence-electron chi connectivity index (χ3n) is 5.65. The van der Waals surface area contributed by atoms with Gasteiger partial charge in [-0.1, -0.05) is 51.5 Å². The summed E-state index contributed by atoms with van der Waals surface area (Å²) in [6, 6.07) is 7.94. The van der Waals surface area contributed by atoms with Gasteiger partial charge in [-0.05, 0) is 23.5 Å². The summed E-state index contributed by atoms with van der Waals surface area (Å²) in [7, 11) is 0. The van der Waals surface area contributed by atoms with Gasteiger partial charge >= 0.3 is 11.7 Å². The lowest BCUT2D eigenvalue weighted by atomic mass is 9.82. The molecule has 0 amide bonds. The summed E-state index contributed by atoms with van der Waals surface area (Å²) in [6.07, 6.45) is 1.71. The Labute approximate surface area is 168 Å². The minimum absolute atomic E-state index is 0.114. The largest absolute Gasteiger partial charge is 0.456 e. The van der Waals surface area contributed by atoms with Crippen molar-refractivity contribution in [3.8, 4) is 0 Å². The van der Waals surface area contributed by atoms with E-state index in [1.165, 1.54) is 5.56 Å². The van der Waals surface area contributed by atoms with Crippen LogP contribution >= 0.6 is 0 Å². The molecule has 0 bridgehead atoms. The summed E-state index contributed by atoms with van der Waals surface area (Å²) in [5.74, 6) is -0.170. The van der Waals surface area contributed by atoms with Gasteiger partial charge in [0.25, 0.3) is 5.56 Å². The highest BCUT2D eigenvalue weighted by atomic mass is 16.5. The van der Waals surface area contributed by atoms with Crippen molar-refractivity contribution in [2.45, 2.75) is 52.0 Å². The van der Waals surface area contributed by atoms with Crippen LogP contribution in [0.2, 0.25) is 0 Å². The molecule has 0 saturated carbocycles. The van der Waals surface area contributed by atoms with Crippen molar-refractivity contribution in [1.29, 1.82) is 0 Å². The van der Waals surface area contributed by atoms with Gasteiger partial charge in [0, 0.05) is 6.54 Å². The molecule has 2 aliphatic heterocycles. The zero-order valence-corrected chi connectivity index (χ0v) is 16.9. The van der Waals surface area contributed by atoms with E-state index in [1.807, 2.05) is 31.2 Å². The van der Waals surface area contributed by atoms with Crippen molar-refractivity contribution in [3.63, 3.8) is 0 Å². The van der Waals surface area contributed by atoms with Gasteiger partial charge < -0.3 is 10.1 Å². The highest BCUT2D eigenvalue weighted by molar-refractivity contribution is 5.96. The van der Waals surface area contributed by atoms with Crippen molar-refractivity contribution in [1.82, 2.24) is 9.55 Å². The average molecular weight is 395 g/mol. The second-order valence-corrected chi connectivity index (χ2v) is 7.87. The zero-order chi connectivity index (χ0) is 20.7. The van der Waals surface area contributed by atoms with Crippen LogP contribution in [0, 0.1) is 0 Å². The van der Waals surface area contributed by atoms with E-state index in [2.05, 4.69) is 24.1 Å². The molecule has 0 saturated heterocycles.